The van der Waals surface area contributed by atoms with E-state index in [1.54, 1.807) is 6.07 Å². The second kappa shape index (κ2) is 7.92. The van der Waals surface area contributed by atoms with Gasteiger partial charge in [0.1, 0.15) is 23.4 Å². The highest BCUT2D eigenvalue weighted by molar-refractivity contribution is 14.1. The third-order valence-corrected chi connectivity index (χ3v) is 5.23. The van der Waals surface area contributed by atoms with Crippen LogP contribution in [-0.2, 0) is 9.47 Å². The second-order valence-electron chi connectivity index (χ2n) is 7.36. The average Bonchev–Trinajstić information content (AvgIpc) is 2.95. The van der Waals surface area contributed by atoms with E-state index in [2.05, 4.69) is 14.0 Å². The van der Waals surface area contributed by atoms with Gasteiger partial charge in [-0.05, 0) is 44.5 Å². The Morgan fingerprint density at radius 1 is 1.18 bits per heavy atom. The van der Waals surface area contributed by atoms with Crippen LogP contribution in [0.3, 0.4) is 0 Å². The van der Waals surface area contributed by atoms with E-state index in [4.69, 9.17) is 14.2 Å². The minimum absolute atomic E-state index is 0.103. The van der Waals surface area contributed by atoms with Gasteiger partial charge in [0.2, 0.25) is 0 Å². The first kappa shape index (κ1) is 19.5. The van der Waals surface area contributed by atoms with Crippen molar-refractivity contribution in [3.63, 3.8) is 0 Å². The zero-order valence-corrected chi connectivity index (χ0v) is 17.7. The third-order valence-electron chi connectivity index (χ3n) is 5.01. The van der Waals surface area contributed by atoms with Crippen LogP contribution in [0.4, 0.5) is 4.39 Å². The summed E-state index contributed by atoms with van der Waals surface area (Å²) in [7, 11) is 0. The van der Waals surface area contributed by atoms with E-state index >= 15 is 0 Å². The molecule has 2 aromatic rings. The molecule has 8 heteroatoms. The highest BCUT2D eigenvalue weighted by Crippen LogP contribution is 2.49. The lowest BCUT2D eigenvalue weighted by molar-refractivity contribution is -0.139. The lowest BCUT2D eigenvalue weighted by Crippen LogP contribution is -2.23. The molecule has 1 unspecified atom stereocenters. The number of rotatable bonds is 4. The summed E-state index contributed by atoms with van der Waals surface area (Å²) in [6, 6.07) is 11.9. The molecule has 2 aromatic carbocycles. The van der Waals surface area contributed by atoms with Gasteiger partial charge >= 0.3 is 0 Å². The second-order valence-corrected chi connectivity index (χ2v) is 7.84. The molecule has 0 aromatic heterocycles. The minimum Gasteiger partial charge on any atom is -0.457 e. The molecule has 1 saturated heterocycles. The normalized spacial score (nSPS) is 25.6. The van der Waals surface area contributed by atoms with Crippen LogP contribution in [0.5, 0.6) is 11.5 Å². The summed E-state index contributed by atoms with van der Waals surface area (Å²) < 4.78 is 34.7. The first-order valence-corrected chi connectivity index (χ1v) is 10.2. The molecule has 2 aliphatic heterocycles. The number of para-hydroxylation sites is 1. The minimum atomic E-state index is -0.615. The van der Waals surface area contributed by atoms with Crippen LogP contribution in [0, 0.1) is 5.82 Å². The summed E-state index contributed by atoms with van der Waals surface area (Å²) in [5.41, 5.74) is 1.65. The Bertz CT molecular complexity index is 893. The van der Waals surface area contributed by atoms with Gasteiger partial charge < -0.3 is 14.2 Å². The Hall–Kier alpha value is -1.78. The van der Waals surface area contributed by atoms with Crippen LogP contribution in [0.1, 0.15) is 43.4 Å². The van der Waals surface area contributed by atoms with E-state index in [1.807, 2.05) is 61.0 Å². The number of nitrogens with one attached hydrogen (secondary N) is 1. The molecule has 1 fully saturated rings. The van der Waals surface area contributed by atoms with Gasteiger partial charge in [-0.3, -0.25) is 0 Å². The maximum atomic E-state index is 14.1. The van der Waals surface area contributed by atoms with E-state index < -0.39 is 11.8 Å². The molecule has 2 heterocycles. The lowest BCUT2D eigenvalue weighted by Gasteiger charge is -2.25. The first-order chi connectivity index (χ1) is 13.5. The first-order valence-electron chi connectivity index (χ1n) is 9.10. The van der Waals surface area contributed by atoms with Crippen molar-refractivity contribution in [2.75, 3.05) is 6.61 Å². The zero-order chi connectivity index (χ0) is 19.7. The summed E-state index contributed by atoms with van der Waals surface area (Å²) >= 11 is 1.90. The molecule has 0 amide bonds. The summed E-state index contributed by atoms with van der Waals surface area (Å²) in [6.07, 6.45) is 0.540. The Morgan fingerprint density at radius 2 is 1.96 bits per heavy atom. The molecule has 148 valence electrons. The van der Waals surface area contributed by atoms with Crippen molar-refractivity contribution in [3.05, 3.63) is 59.4 Å². The van der Waals surface area contributed by atoms with Gasteiger partial charge in [-0.25, -0.2) is 8.03 Å². The highest BCUT2D eigenvalue weighted by Gasteiger charge is 2.39. The van der Waals surface area contributed by atoms with Gasteiger partial charge in [0.15, 0.2) is 5.79 Å². The maximum Gasteiger partial charge on any atom is 0.163 e. The van der Waals surface area contributed by atoms with Gasteiger partial charge in [-0.15, -0.1) is 0 Å². The van der Waals surface area contributed by atoms with Gasteiger partial charge in [0, 0.05) is 17.0 Å². The number of fused-ring (bicyclic) bond motifs is 2. The fourth-order valence-corrected chi connectivity index (χ4v) is 4.00. The van der Waals surface area contributed by atoms with Crippen LogP contribution >= 0.6 is 22.9 Å². The smallest absolute Gasteiger partial charge is 0.163 e. The molecule has 6 nitrogen and oxygen atoms in total. The summed E-state index contributed by atoms with van der Waals surface area (Å²) in [5.74, 6) is 0.249. The standard InChI is InChI=1S/C20H21FIN3O3/c1-20(2)26-11-13(28-20)10-15-14-5-3-4-6-17(14)27-18-8-7-12(21)9-16(18)19(15)23-25-24-22/h3-9,13,15,19H,10-11H2,1-2H3,(H,23,24)/t13-,15-,19?/m1/s1. The summed E-state index contributed by atoms with van der Waals surface area (Å²) in [6.45, 7) is 4.30. The largest absolute Gasteiger partial charge is 0.457 e. The van der Waals surface area contributed by atoms with E-state index in [0.717, 1.165) is 11.3 Å². The van der Waals surface area contributed by atoms with Crippen molar-refractivity contribution in [1.82, 2.24) is 3.64 Å². The molecular weight excluding hydrogens is 476 g/mol. The molecule has 0 spiro atoms. The van der Waals surface area contributed by atoms with Crippen LogP contribution in [0.2, 0.25) is 0 Å². The zero-order valence-electron chi connectivity index (χ0n) is 15.6. The van der Waals surface area contributed by atoms with Crippen molar-refractivity contribution < 1.29 is 18.6 Å². The molecule has 0 saturated carbocycles. The Labute approximate surface area is 176 Å². The average molecular weight is 497 g/mol. The van der Waals surface area contributed by atoms with Crippen LogP contribution in [0.25, 0.3) is 0 Å². The molecule has 3 atom stereocenters. The molecule has 0 aliphatic carbocycles. The predicted octanol–water partition coefficient (Wildman–Crippen LogP) is 5.60. The monoisotopic (exact) mass is 497 g/mol. The van der Waals surface area contributed by atoms with Crippen molar-refractivity contribution in [2.24, 2.45) is 10.3 Å². The lowest BCUT2D eigenvalue weighted by atomic mass is 9.83. The van der Waals surface area contributed by atoms with E-state index in [0.29, 0.717) is 24.3 Å². The van der Waals surface area contributed by atoms with Crippen LogP contribution in [0.15, 0.2) is 52.8 Å². The number of benzene rings is 2. The Balaban J connectivity index is 1.80. The maximum absolute atomic E-state index is 14.1. The van der Waals surface area contributed by atoms with Gasteiger partial charge in [-0.2, -0.15) is 5.11 Å². The topological polar surface area (TPSA) is 64.4 Å². The molecule has 1 N–H and O–H groups in total. The molecular formula is C20H21FIN3O3. The van der Waals surface area contributed by atoms with Crippen molar-refractivity contribution in [3.8, 4) is 11.5 Å². The SMILES string of the molecule is CC1(C)OC[C@@H](C[C@@H]2c3ccccc3Oc3ccc(F)cc3C2N=NNI)O1. The number of hydrogen-bond acceptors (Lipinski definition) is 5. The van der Waals surface area contributed by atoms with Crippen molar-refractivity contribution in [2.45, 2.75) is 44.1 Å². The molecule has 4 rings (SSSR count). The van der Waals surface area contributed by atoms with Crippen molar-refractivity contribution in [1.29, 1.82) is 0 Å². The molecule has 2 aliphatic rings. The number of hydrogen-bond donors (Lipinski definition) is 1. The number of nitrogens with zero attached hydrogens (tertiary/aromatic N) is 2. The highest BCUT2D eigenvalue weighted by atomic mass is 127. The van der Waals surface area contributed by atoms with Crippen molar-refractivity contribution >= 4 is 22.9 Å². The molecule has 0 bridgehead atoms. The Kier molecular flexibility index (Phi) is 5.52. The fourth-order valence-electron chi connectivity index (χ4n) is 3.87. The molecule has 28 heavy (non-hydrogen) atoms. The Morgan fingerprint density at radius 3 is 2.71 bits per heavy atom. The van der Waals surface area contributed by atoms with E-state index in [9.17, 15) is 4.39 Å². The summed E-state index contributed by atoms with van der Waals surface area (Å²) in [4.78, 5) is 0. The summed E-state index contributed by atoms with van der Waals surface area (Å²) in [5, 5.41) is 8.47. The van der Waals surface area contributed by atoms with Crippen LogP contribution < -0.4 is 8.38 Å². The third kappa shape index (κ3) is 3.99. The van der Waals surface area contributed by atoms with Gasteiger partial charge in [0.05, 0.1) is 35.6 Å². The van der Waals surface area contributed by atoms with Gasteiger partial charge in [-0.1, -0.05) is 23.4 Å². The molecule has 0 radical (unpaired) electrons. The number of halogens is 2. The van der Waals surface area contributed by atoms with Gasteiger partial charge in [0.25, 0.3) is 0 Å². The van der Waals surface area contributed by atoms with E-state index in [-0.39, 0.29) is 17.8 Å². The van der Waals surface area contributed by atoms with Crippen LogP contribution in [-0.4, -0.2) is 18.5 Å². The predicted molar refractivity (Wildman–Crippen MR) is 110 cm³/mol. The quantitative estimate of drug-likeness (QED) is 0.259. The van der Waals surface area contributed by atoms with E-state index in [1.165, 1.54) is 12.1 Å². The fraction of sp³-hybridized carbons (Fsp3) is 0.400. The number of ether oxygens (including phenoxy) is 3.